The average Bonchev–Trinajstić information content (AvgIpc) is 2.15. The molecular formula is C10H13F2NO. The molecule has 0 fully saturated rings. The molecule has 0 unspecified atom stereocenters. The number of alkyl halides is 2. The van der Waals surface area contributed by atoms with Crippen LogP contribution in [0, 0.1) is 0 Å². The van der Waals surface area contributed by atoms with Crippen LogP contribution in [0.15, 0.2) is 24.3 Å². The highest BCUT2D eigenvalue weighted by atomic mass is 19.3. The Morgan fingerprint density at radius 1 is 1.29 bits per heavy atom. The second-order valence-electron chi connectivity index (χ2n) is 2.91. The van der Waals surface area contributed by atoms with E-state index in [0.29, 0.717) is 12.1 Å². The Balaban J connectivity index is 2.28. The molecule has 78 valence electrons. The first-order valence-corrected chi connectivity index (χ1v) is 4.39. The van der Waals surface area contributed by atoms with Gasteiger partial charge in [0.05, 0.1) is 6.61 Å². The van der Waals surface area contributed by atoms with Crippen molar-refractivity contribution in [1.82, 2.24) is 0 Å². The number of rotatable bonds is 5. The van der Waals surface area contributed by atoms with Crippen molar-refractivity contribution in [3.05, 3.63) is 29.8 Å². The van der Waals surface area contributed by atoms with Crippen LogP contribution >= 0.6 is 0 Å². The van der Waals surface area contributed by atoms with Crippen LogP contribution in [-0.2, 0) is 11.2 Å². The van der Waals surface area contributed by atoms with Gasteiger partial charge in [0.15, 0.2) is 0 Å². The smallest absolute Gasteiger partial charge is 0.261 e. The van der Waals surface area contributed by atoms with E-state index >= 15 is 0 Å². The van der Waals surface area contributed by atoms with E-state index in [-0.39, 0.29) is 6.61 Å². The quantitative estimate of drug-likeness (QED) is 0.584. The van der Waals surface area contributed by atoms with Gasteiger partial charge < -0.3 is 10.5 Å². The first kappa shape index (κ1) is 10.9. The maximum absolute atomic E-state index is 11.7. The number of hydrogen-bond acceptors (Lipinski definition) is 2. The van der Waals surface area contributed by atoms with E-state index in [4.69, 9.17) is 10.5 Å². The monoisotopic (exact) mass is 201 g/mol. The van der Waals surface area contributed by atoms with Crippen LogP contribution in [0.4, 0.5) is 14.5 Å². The number of nitrogen functional groups attached to an aromatic ring is 1. The summed E-state index contributed by atoms with van der Waals surface area (Å²) in [6.45, 7) is -0.231. The van der Waals surface area contributed by atoms with E-state index < -0.39 is 13.0 Å². The molecule has 1 rings (SSSR count). The molecule has 0 radical (unpaired) electrons. The van der Waals surface area contributed by atoms with E-state index in [2.05, 4.69) is 0 Å². The van der Waals surface area contributed by atoms with Gasteiger partial charge in [-0.25, -0.2) is 8.78 Å². The van der Waals surface area contributed by atoms with Gasteiger partial charge in [0.2, 0.25) is 0 Å². The molecule has 0 saturated heterocycles. The van der Waals surface area contributed by atoms with Crippen LogP contribution < -0.4 is 5.73 Å². The average molecular weight is 201 g/mol. The molecule has 4 heteroatoms. The fourth-order valence-corrected chi connectivity index (χ4v) is 1.12. The van der Waals surface area contributed by atoms with Crippen LogP contribution in [0.5, 0.6) is 0 Å². The normalized spacial score (nSPS) is 10.8. The van der Waals surface area contributed by atoms with Gasteiger partial charge in [-0.15, -0.1) is 0 Å². The Bertz CT molecular complexity index is 279. The van der Waals surface area contributed by atoms with Crippen LogP contribution in [0.3, 0.4) is 0 Å². The maximum atomic E-state index is 11.7. The highest BCUT2D eigenvalue weighted by molar-refractivity contribution is 5.46. The van der Waals surface area contributed by atoms with Crippen molar-refractivity contribution in [3.63, 3.8) is 0 Å². The van der Waals surface area contributed by atoms with Crippen molar-refractivity contribution in [1.29, 1.82) is 0 Å². The van der Waals surface area contributed by atoms with Gasteiger partial charge in [0.1, 0.15) is 6.61 Å². The zero-order valence-electron chi connectivity index (χ0n) is 7.75. The molecule has 0 aliphatic rings. The minimum absolute atomic E-state index is 0.276. The standard InChI is InChI=1S/C10H13F2NO/c11-10(12)7-14-6-5-8-3-1-2-4-9(8)13/h1-4,10H,5-7,13H2. The lowest BCUT2D eigenvalue weighted by Gasteiger charge is -2.05. The molecule has 0 atom stereocenters. The molecule has 14 heavy (non-hydrogen) atoms. The van der Waals surface area contributed by atoms with Crippen molar-refractivity contribution in [2.75, 3.05) is 18.9 Å². The maximum Gasteiger partial charge on any atom is 0.261 e. The molecule has 0 aromatic heterocycles. The molecule has 1 aromatic rings. The Kier molecular flexibility index (Phi) is 4.32. The summed E-state index contributed by atoms with van der Waals surface area (Å²) in [6, 6.07) is 7.33. The molecule has 2 N–H and O–H groups in total. The lowest BCUT2D eigenvalue weighted by atomic mass is 10.1. The van der Waals surface area contributed by atoms with Gasteiger partial charge in [0.25, 0.3) is 6.43 Å². The summed E-state index contributed by atoms with van der Waals surface area (Å²) in [6.07, 6.45) is -1.83. The molecule has 0 aliphatic carbocycles. The summed E-state index contributed by atoms with van der Waals surface area (Å²) < 4.78 is 28.1. The summed E-state index contributed by atoms with van der Waals surface area (Å²) in [5.74, 6) is 0. The van der Waals surface area contributed by atoms with Gasteiger partial charge in [-0.1, -0.05) is 18.2 Å². The number of anilines is 1. The van der Waals surface area contributed by atoms with Crippen LogP contribution in [-0.4, -0.2) is 19.6 Å². The molecule has 0 amide bonds. The van der Waals surface area contributed by atoms with Crippen molar-refractivity contribution in [3.8, 4) is 0 Å². The van der Waals surface area contributed by atoms with Crippen molar-refractivity contribution in [2.24, 2.45) is 0 Å². The Hall–Kier alpha value is -1.16. The summed E-state index contributed by atoms with van der Waals surface area (Å²) in [5, 5.41) is 0. The Labute approximate surface area is 81.7 Å². The summed E-state index contributed by atoms with van der Waals surface area (Å²) in [7, 11) is 0. The molecule has 2 nitrogen and oxygen atoms in total. The second-order valence-corrected chi connectivity index (χ2v) is 2.91. The fraction of sp³-hybridized carbons (Fsp3) is 0.400. The molecule has 0 aliphatic heterocycles. The van der Waals surface area contributed by atoms with Gasteiger partial charge >= 0.3 is 0 Å². The first-order chi connectivity index (χ1) is 6.70. The van der Waals surface area contributed by atoms with Gasteiger partial charge in [-0.2, -0.15) is 0 Å². The highest BCUT2D eigenvalue weighted by Gasteiger charge is 2.02. The number of nitrogens with two attached hydrogens (primary N) is 1. The molecule has 1 aromatic carbocycles. The lowest BCUT2D eigenvalue weighted by molar-refractivity contribution is 0.0187. The molecule has 0 bridgehead atoms. The topological polar surface area (TPSA) is 35.2 Å². The van der Waals surface area contributed by atoms with Crippen molar-refractivity contribution >= 4 is 5.69 Å². The minimum atomic E-state index is -2.40. The van der Waals surface area contributed by atoms with E-state index in [1.807, 2.05) is 18.2 Å². The first-order valence-electron chi connectivity index (χ1n) is 4.39. The largest absolute Gasteiger partial charge is 0.399 e. The van der Waals surface area contributed by atoms with E-state index in [1.54, 1.807) is 6.07 Å². The number of hydrogen-bond donors (Lipinski definition) is 1. The second kappa shape index (κ2) is 5.54. The lowest BCUT2D eigenvalue weighted by Crippen LogP contribution is -2.07. The van der Waals surface area contributed by atoms with Gasteiger partial charge in [-0.05, 0) is 18.1 Å². The summed E-state index contributed by atoms with van der Waals surface area (Å²) in [5.41, 5.74) is 7.27. The van der Waals surface area contributed by atoms with E-state index in [9.17, 15) is 8.78 Å². The van der Waals surface area contributed by atoms with E-state index in [0.717, 1.165) is 5.56 Å². The predicted octanol–water partition coefficient (Wildman–Crippen LogP) is 2.09. The molecule has 0 spiro atoms. The van der Waals surface area contributed by atoms with Crippen LogP contribution in [0.25, 0.3) is 0 Å². The summed E-state index contributed by atoms with van der Waals surface area (Å²) >= 11 is 0. The number of halogens is 2. The number of benzene rings is 1. The third-order valence-corrected chi connectivity index (χ3v) is 1.81. The minimum Gasteiger partial charge on any atom is -0.399 e. The third-order valence-electron chi connectivity index (χ3n) is 1.81. The Morgan fingerprint density at radius 3 is 2.64 bits per heavy atom. The van der Waals surface area contributed by atoms with E-state index in [1.165, 1.54) is 0 Å². The van der Waals surface area contributed by atoms with Crippen molar-refractivity contribution in [2.45, 2.75) is 12.8 Å². The zero-order chi connectivity index (χ0) is 10.4. The zero-order valence-corrected chi connectivity index (χ0v) is 7.75. The van der Waals surface area contributed by atoms with Gasteiger partial charge in [-0.3, -0.25) is 0 Å². The van der Waals surface area contributed by atoms with Gasteiger partial charge in [0, 0.05) is 5.69 Å². The van der Waals surface area contributed by atoms with Crippen LogP contribution in [0.2, 0.25) is 0 Å². The van der Waals surface area contributed by atoms with Crippen LogP contribution in [0.1, 0.15) is 5.56 Å². The number of para-hydroxylation sites is 1. The molecule has 0 saturated carbocycles. The number of ether oxygens (including phenoxy) is 1. The fourth-order valence-electron chi connectivity index (χ4n) is 1.12. The molecule has 0 heterocycles. The third kappa shape index (κ3) is 3.70. The SMILES string of the molecule is Nc1ccccc1CCOCC(F)F. The van der Waals surface area contributed by atoms with Crippen molar-refractivity contribution < 1.29 is 13.5 Å². The predicted molar refractivity (Wildman–Crippen MR) is 51.4 cm³/mol. The molecular weight excluding hydrogens is 188 g/mol. The summed E-state index contributed by atoms with van der Waals surface area (Å²) in [4.78, 5) is 0. The Morgan fingerprint density at radius 2 is 2.00 bits per heavy atom. The highest BCUT2D eigenvalue weighted by Crippen LogP contribution is 2.10.